The van der Waals surface area contributed by atoms with Crippen molar-refractivity contribution < 1.29 is 18.3 Å². The minimum Gasteiger partial charge on any atom is -0.492 e. The Kier molecular flexibility index (Phi) is 6.83. The fourth-order valence-electron chi connectivity index (χ4n) is 1.55. The standard InChI is InChI=1S/C13H21NO4S/c1-12-5-4-6-13(11-12)18-9-7-14-19(16,17)10-3-2-8-15/h4-6,11,14-15H,2-3,7-10H2,1H3. The molecule has 0 saturated carbocycles. The molecule has 1 aromatic rings. The summed E-state index contributed by atoms with van der Waals surface area (Å²) < 4.78 is 31.0. The van der Waals surface area contributed by atoms with Gasteiger partial charge >= 0.3 is 0 Å². The summed E-state index contributed by atoms with van der Waals surface area (Å²) in [4.78, 5) is 0. The zero-order valence-electron chi connectivity index (χ0n) is 11.1. The van der Waals surface area contributed by atoms with Crippen LogP contribution < -0.4 is 9.46 Å². The number of nitrogens with one attached hydrogen (secondary N) is 1. The molecule has 0 bridgehead atoms. The Bertz CT molecular complexity index is 473. The van der Waals surface area contributed by atoms with E-state index in [1.54, 1.807) is 0 Å². The maximum absolute atomic E-state index is 11.5. The number of unbranched alkanes of at least 4 members (excludes halogenated alkanes) is 1. The van der Waals surface area contributed by atoms with Crippen molar-refractivity contribution in [1.29, 1.82) is 0 Å². The molecule has 0 amide bonds. The van der Waals surface area contributed by atoms with Crippen LogP contribution in [0.2, 0.25) is 0 Å². The van der Waals surface area contributed by atoms with Gasteiger partial charge in [0.1, 0.15) is 12.4 Å². The first-order valence-electron chi connectivity index (χ1n) is 6.31. The van der Waals surface area contributed by atoms with E-state index in [2.05, 4.69) is 4.72 Å². The van der Waals surface area contributed by atoms with Gasteiger partial charge in [-0.1, -0.05) is 12.1 Å². The van der Waals surface area contributed by atoms with Gasteiger partial charge in [0.15, 0.2) is 0 Å². The second-order valence-corrected chi connectivity index (χ2v) is 6.24. The summed E-state index contributed by atoms with van der Waals surface area (Å²) in [6.07, 6.45) is 0.964. The molecule has 0 spiro atoms. The Morgan fingerprint density at radius 2 is 2.11 bits per heavy atom. The van der Waals surface area contributed by atoms with Gasteiger partial charge in [0.2, 0.25) is 10.0 Å². The molecule has 0 aliphatic rings. The maximum atomic E-state index is 11.5. The molecule has 1 rings (SSSR count). The van der Waals surface area contributed by atoms with Gasteiger partial charge in [0.25, 0.3) is 0 Å². The number of aryl methyl sites for hydroxylation is 1. The van der Waals surface area contributed by atoms with Crippen LogP contribution in [-0.2, 0) is 10.0 Å². The summed E-state index contributed by atoms with van der Waals surface area (Å²) in [5.41, 5.74) is 1.10. The average Bonchev–Trinajstić information content (AvgIpc) is 2.35. The fourth-order valence-corrected chi connectivity index (χ4v) is 2.67. The lowest BCUT2D eigenvalue weighted by Gasteiger charge is -2.08. The zero-order chi connectivity index (χ0) is 14.1. The van der Waals surface area contributed by atoms with Crippen LogP contribution in [0, 0.1) is 6.92 Å². The van der Waals surface area contributed by atoms with E-state index in [1.165, 1.54) is 0 Å². The van der Waals surface area contributed by atoms with Gasteiger partial charge in [0, 0.05) is 13.2 Å². The van der Waals surface area contributed by atoms with Crippen LogP contribution >= 0.6 is 0 Å². The molecule has 0 saturated heterocycles. The Hall–Kier alpha value is -1.11. The first-order valence-corrected chi connectivity index (χ1v) is 7.96. The lowest BCUT2D eigenvalue weighted by Crippen LogP contribution is -2.30. The molecule has 0 aliphatic heterocycles. The molecule has 19 heavy (non-hydrogen) atoms. The molecule has 6 heteroatoms. The largest absolute Gasteiger partial charge is 0.492 e. The van der Waals surface area contributed by atoms with Crippen LogP contribution in [0.25, 0.3) is 0 Å². The molecule has 0 radical (unpaired) electrons. The summed E-state index contributed by atoms with van der Waals surface area (Å²) in [5, 5.41) is 8.59. The summed E-state index contributed by atoms with van der Waals surface area (Å²) in [6.45, 7) is 2.53. The Morgan fingerprint density at radius 3 is 2.79 bits per heavy atom. The van der Waals surface area contributed by atoms with E-state index in [4.69, 9.17) is 9.84 Å². The first-order chi connectivity index (χ1) is 9.03. The minimum atomic E-state index is -3.26. The van der Waals surface area contributed by atoms with Crippen molar-refractivity contribution in [3.05, 3.63) is 29.8 Å². The zero-order valence-corrected chi connectivity index (χ0v) is 11.9. The molecule has 108 valence electrons. The van der Waals surface area contributed by atoms with Crippen molar-refractivity contribution in [3.63, 3.8) is 0 Å². The average molecular weight is 287 g/mol. The van der Waals surface area contributed by atoms with Gasteiger partial charge < -0.3 is 9.84 Å². The van der Waals surface area contributed by atoms with Crippen molar-refractivity contribution in [2.24, 2.45) is 0 Å². The molecule has 0 unspecified atom stereocenters. The van der Waals surface area contributed by atoms with E-state index in [-0.39, 0.29) is 18.9 Å². The molecular weight excluding hydrogens is 266 g/mol. The summed E-state index contributed by atoms with van der Waals surface area (Å²) in [5.74, 6) is 0.775. The monoisotopic (exact) mass is 287 g/mol. The number of rotatable bonds is 9. The summed E-state index contributed by atoms with van der Waals surface area (Å²) >= 11 is 0. The fraction of sp³-hybridized carbons (Fsp3) is 0.538. The van der Waals surface area contributed by atoms with Gasteiger partial charge in [-0.2, -0.15) is 0 Å². The van der Waals surface area contributed by atoms with Crippen molar-refractivity contribution >= 4 is 10.0 Å². The van der Waals surface area contributed by atoms with Gasteiger partial charge in [-0.05, 0) is 37.5 Å². The second-order valence-electron chi connectivity index (χ2n) is 4.31. The van der Waals surface area contributed by atoms with Gasteiger partial charge in [0.05, 0.1) is 5.75 Å². The highest BCUT2D eigenvalue weighted by Gasteiger charge is 2.08. The van der Waals surface area contributed by atoms with E-state index in [9.17, 15) is 8.42 Å². The van der Waals surface area contributed by atoms with Crippen molar-refractivity contribution in [3.8, 4) is 5.75 Å². The van der Waals surface area contributed by atoms with Crippen LogP contribution in [0.15, 0.2) is 24.3 Å². The van der Waals surface area contributed by atoms with E-state index in [0.29, 0.717) is 19.4 Å². The molecule has 0 atom stereocenters. The van der Waals surface area contributed by atoms with Crippen LogP contribution in [0.1, 0.15) is 18.4 Å². The first kappa shape index (κ1) is 15.9. The van der Waals surface area contributed by atoms with Crippen molar-refractivity contribution in [1.82, 2.24) is 4.72 Å². The summed E-state index contributed by atoms with van der Waals surface area (Å²) in [6, 6.07) is 7.60. The highest BCUT2D eigenvalue weighted by Crippen LogP contribution is 2.11. The van der Waals surface area contributed by atoms with Gasteiger partial charge in [-0.25, -0.2) is 13.1 Å². The van der Waals surface area contributed by atoms with Crippen LogP contribution in [0.4, 0.5) is 0 Å². The Labute approximate surface area is 114 Å². The van der Waals surface area contributed by atoms with E-state index in [0.717, 1.165) is 11.3 Å². The number of hydrogen-bond donors (Lipinski definition) is 2. The Morgan fingerprint density at radius 1 is 1.32 bits per heavy atom. The molecule has 2 N–H and O–H groups in total. The van der Waals surface area contributed by atoms with Crippen LogP contribution in [0.5, 0.6) is 5.75 Å². The summed E-state index contributed by atoms with van der Waals surface area (Å²) in [7, 11) is -3.26. The number of aliphatic hydroxyl groups is 1. The number of hydrogen-bond acceptors (Lipinski definition) is 4. The third kappa shape index (κ3) is 7.15. The Balaban J connectivity index is 2.23. The van der Waals surface area contributed by atoms with Gasteiger partial charge in [-0.3, -0.25) is 0 Å². The topological polar surface area (TPSA) is 75.6 Å². The molecule has 0 heterocycles. The smallest absolute Gasteiger partial charge is 0.211 e. The predicted octanol–water partition coefficient (Wildman–Crippen LogP) is 1.07. The predicted molar refractivity (Wildman–Crippen MR) is 74.8 cm³/mol. The van der Waals surface area contributed by atoms with Gasteiger partial charge in [-0.15, -0.1) is 0 Å². The van der Waals surface area contributed by atoms with Crippen LogP contribution in [-0.4, -0.2) is 39.0 Å². The molecular formula is C13H21NO4S. The lowest BCUT2D eigenvalue weighted by atomic mass is 10.2. The van der Waals surface area contributed by atoms with E-state index >= 15 is 0 Å². The van der Waals surface area contributed by atoms with Crippen molar-refractivity contribution in [2.75, 3.05) is 25.5 Å². The van der Waals surface area contributed by atoms with Crippen molar-refractivity contribution in [2.45, 2.75) is 19.8 Å². The minimum absolute atomic E-state index is 0.0198. The third-order valence-corrected chi connectivity index (χ3v) is 3.97. The number of sulfonamides is 1. The molecule has 0 aliphatic carbocycles. The maximum Gasteiger partial charge on any atom is 0.211 e. The lowest BCUT2D eigenvalue weighted by molar-refractivity contribution is 0.287. The normalized spacial score (nSPS) is 11.5. The molecule has 0 fully saturated rings. The molecule has 1 aromatic carbocycles. The number of aliphatic hydroxyl groups excluding tert-OH is 1. The van der Waals surface area contributed by atoms with Crippen LogP contribution in [0.3, 0.4) is 0 Å². The number of ether oxygens (including phenoxy) is 1. The highest BCUT2D eigenvalue weighted by atomic mass is 32.2. The highest BCUT2D eigenvalue weighted by molar-refractivity contribution is 7.89. The second kappa shape index (κ2) is 8.14. The molecule has 0 aromatic heterocycles. The third-order valence-electron chi connectivity index (χ3n) is 2.50. The SMILES string of the molecule is Cc1cccc(OCCNS(=O)(=O)CCCCO)c1. The number of benzene rings is 1. The molecule has 5 nitrogen and oxygen atoms in total. The quantitative estimate of drug-likeness (QED) is 0.666. The van der Waals surface area contributed by atoms with E-state index < -0.39 is 10.0 Å². The van der Waals surface area contributed by atoms with E-state index in [1.807, 2.05) is 31.2 Å².